The Kier molecular flexibility index (Phi) is 4.25. The average Bonchev–Trinajstić information content (AvgIpc) is 2.24. The van der Waals surface area contributed by atoms with E-state index >= 15 is 0 Å². The van der Waals surface area contributed by atoms with Gasteiger partial charge in [0.15, 0.2) is 17.5 Å². The number of carbonyl (C=O) groups excluding carboxylic acids is 2. The van der Waals surface area contributed by atoms with Crippen LogP contribution in [0, 0.1) is 17.5 Å². The Labute approximate surface area is 95.6 Å². The van der Waals surface area contributed by atoms with Crippen molar-refractivity contribution in [3.8, 4) is 0 Å². The molecular weight excluding hydrogens is 235 g/mol. The van der Waals surface area contributed by atoms with Crippen molar-refractivity contribution in [1.82, 2.24) is 5.32 Å². The SMILES string of the molecule is CC(=O)CC(=O)NCc1ccc(F)c(F)c1F. The number of amides is 1. The Bertz CT molecular complexity index is 460. The first kappa shape index (κ1) is 13.2. The third kappa shape index (κ3) is 3.58. The molecule has 0 aliphatic heterocycles. The molecule has 3 nitrogen and oxygen atoms in total. The van der Waals surface area contributed by atoms with Gasteiger partial charge in [-0.2, -0.15) is 0 Å². The molecule has 0 aromatic heterocycles. The summed E-state index contributed by atoms with van der Waals surface area (Å²) >= 11 is 0. The lowest BCUT2D eigenvalue weighted by molar-refractivity contribution is -0.127. The zero-order valence-electron chi connectivity index (χ0n) is 9.02. The lowest BCUT2D eigenvalue weighted by atomic mass is 10.2. The molecule has 0 aliphatic carbocycles. The molecule has 0 aliphatic rings. The number of rotatable bonds is 4. The second kappa shape index (κ2) is 5.47. The predicted molar refractivity (Wildman–Crippen MR) is 53.5 cm³/mol. The van der Waals surface area contributed by atoms with Gasteiger partial charge in [-0.1, -0.05) is 6.07 Å². The Balaban J connectivity index is 2.67. The number of Topliss-reactive ketones (excluding diaryl/α,β-unsaturated/α-hetero) is 1. The van der Waals surface area contributed by atoms with Gasteiger partial charge in [-0.05, 0) is 13.0 Å². The maximum absolute atomic E-state index is 13.1. The number of hydrogen-bond acceptors (Lipinski definition) is 2. The van der Waals surface area contributed by atoms with E-state index in [4.69, 9.17) is 0 Å². The fourth-order valence-electron chi connectivity index (χ4n) is 1.18. The Morgan fingerprint density at radius 2 is 1.82 bits per heavy atom. The van der Waals surface area contributed by atoms with E-state index in [1.54, 1.807) is 0 Å². The molecule has 92 valence electrons. The van der Waals surface area contributed by atoms with Gasteiger partial charge in [0.25, 0.3) is 0 Å². The minimum atomic E-state index is -1.58. The van der Waals surface area contributed by atoms with Gasteiger partial charge in [0.1, 0.15) is 5.78 Å². The molecule has 0 fully saturated rings. The number of carbonyl (C=O) groups is 2. The molecule has 0 spiro atoms. The second-order valence-corrected chi connectivity index (χ2v) is 3.49. The van der Waals surface area contributed by atoms with Gasteiger partial charge in [-0.25, -0.2) is 13.2 Å². The van der Waals surface area contributed by atoms with Crippen LogP contribution in [0.2, 0.25) is 0 Å². The summed E-state index contributed by atoms with van der Waals surface area (Å²) in [5.74, 6) is -5.15. The number of halogens is 3. The van der Waals surface area contributed by atoms with Crippen LogP contribution in [0.15, 0.2) is 12.1 Å². The molecule has 0 heterocycles. The maximum Gasteiger partial charge on any atom is 0.227 e. The summed E-state index contributed by atoms with van der Waals surface area (Å²) in [6.07, 6.45) is -0.328. The van der Waals surface area contributed by atoms with Crippen molar-refractivity contribution in [1.29, 1.82) is 0 Å². The van der Waals surface area contributed by atoms with E-state index in [-0.39, 0.29) is 24.3 Å². The minimum Gasteiger partial charge on any atom is -0.352 e. The van der Waals surface area contributed by atoms with Crippen LogP contribution < -0.4 is 5.32 Å². The van der Waals surface area contributed by atoms with E-state index in [9.17, 15) is 22.8 Å². The molecule has 1 amide bonds. The van der Waals surface area contributed by atoms with Crippen LogP contribution in [0.5, 0.6) is 0 Å². The summed E-state index contributed by atoms with van der Waals surface area (Å²) in [6.45, 7) is 0.937. The molecule has 0 bridgehead atoms. The first-order chi connectivity index (χ1) is 7.91. The molecule has 0 radical (unpaired) electrons. The highest BCUT2D eigenvalue weighted by atomic mass is 19.2. The Morgan fingerprint density at radius 3 is 2.41 bits per heavy atom. The summed E-state index contributed by atoms with van der Waals surface area (Å²) < 4.78 is 38.5. The summed E-state index contributed by atoms with van der Waals surface area (Å²) in [6, 6.07) is 1.80. The van der Waals surface area contributed by atoms with Crippen LogP contribution in [0.3, 0.4) is 0 Å². The number of ketones is 1. The zero-order chi connectivity index (χ0) is 13.0. The van der Waals surface area contributed by atoms with Crippen molar-refractivity contribution >= 4 is 11.7 Å². The van der Waals surface area contributed by atoms with Gasteiger partial charge < -0.3 is 5.32 Å². The molecule has 1 rings (SSSR count). The van der Waals surface area contributed by atoms with Crippen molar-refractivity contribution in [2.24, 2.45) is 0 Å². The third-order valence-electron chi connectivity index (χ3n) is 2.00. The largest absolute Gasteiger partial charge is 0.352 e. The van der Waals surface area contributed by atoms with E-state index in [2.05, 4.69) is 5.32 Å². The normalized spacial score (nSPS) is 10.1. The van der Waals surface area contributed by atoms with E-state index in [0.717, 1.165) is 12.1 Å². The predicted octanol–water partition coefficient (Wildman–Crippen LogP) is 1.70. The van der Waals surface area contributed by atoms with Crippen molar-refractivity contribution in [3.63, 3.8) is 0 Å². The van der Waals surface area contributed by atoms with E-state index in [0.29, 0.717) is 0 Å². The van der Waals surface area contributed by atoms with Crippen LogP contribution in [-0.4, -0.2) is 11.7 Å². The second-order valence-electron chi connectivity index (χ2n) is 3.49. The zero-order valence-corrected chi connectivity index (χ0v) is 9.02. The molecular formula is C11H10F3NO2. The molecule has 0 saturated heterocycles. The maximum atomic E-state index is 13.1. The summed E-state index contributed by atoms with van der Waals surface area (Å²) in [7, 11) is 0. The first-order valence-electron chi connectivity index (χ1n) is 4.80. The van der Waals surface area contributed by atoms with Crippen LogP contribution >= 0.6 is 0 Å². The topological polar surface area (TPSA) is 46.2 Å². The van der Waals surface area contributed by atoms with Gasteiger partial charge in [-0.15, -0.1) is 0 Å². The molecule has 0 unspecified atom stereocenters. The van der Waals surface area contributed by atoms with Crippen LogP contribution in [0.1, 0.15) is 18.9 Å². The van der Waals surface area contributed by atoms with Crippen molar-refractivity contribution < 1.29 is 22.8 Å². The molecule has 0 atom stereocenters. The number of hydrogen-bond donors (Lipinski definition) is 1. The van der Waals surface area contributed by atoms with Crippen molar-refractivity contribution in [3.05, 3.63) is 35.1 Å². The number of nitrogens with one attached hydrogen (secondary N) is 1. The van der Waals surface area contributed by atoms with Crippen LogP contribution in [0.4, 0.5) is 13.2 Å². The Morgan fingerprint density at radius 1 is 1.18 bits per heavy atom. The van der Waals surface area contributed by atoms with Gasteiger partial charge >= 0.3 is 0 Å². The molecule has 6 heteroatoms. The first-order valence-corrected chi connectivity index (χ1v) is 4.80. The van der Waals surface area contributed by atoms with Gasteiger partial charge in [0.2, 0.25) is 5.91 Å². The van der Waals surface area contributed by atoms with Crippen LogP contribution in [-0.2, 0) is 16.1 Å². The van der Waals surface area contributed by atoms with E-state index < -0.39 is 23.4 Å². The highest BCUT2D eigenvalue weighted by molar-refractivity contribution is 5.96. The van der Waals surface area contributed by atoms with Crippen molar-refractivity contribution in [2.75, 3.05) is 0 Å². The van der Waals surface area contributed by atoms with Gasteiger partial charge in [0, 0.05) is 12.1 Å². The molecule has 1 aromatic rings. The van der Waals surface area contributed by atoms with E-state index in [1.165, 1.54) is 6.92 Å². The standard InChI is InChI=1S/C11H10F3NO2/c1-6(16)4-9(17)15-5-7-2-3-8(12)11(14)10(7)13/h2-3H,4-5H2,1H3,(H,15,17). The minimum absolute atomic E-state index is 0.180. The molecule has 0 saturated carbocycles. The highest BCUT2D eigenvalue weighted by Gasteiger charge is 2.14. The fraction of sp³-hybridized carbons (Fsp3) is 0.273. The molecule has 1 aromatic carbocycles. The van der Waals surface area contributed by atoms with Gasteiger partial charge in [-0.3, -0.25) is 9.59 Å². The average molecular weight is 245 g/mol. The van der Waals surface area contributed by atoms with E-state index in [1.807, 2.05) is 0 Å². The summed E-state index contributed by atoms with van der Waals surface area (Å²) in [5, 5.41) is 2.23. The smallest absolute Gasteiger partial charge is 0.227 e. The quantitative estimate of drug-likeness (QED) is 0.648. The van der Waals surface area contributed by atoms with Crippen molar-refractivity contribution in [2.45, 2.75) is 19.9 Å². The summed E-state index contributed by atoms with van der Waals surface area (Å²) in [4.78, 5) is 21.7. The third-order valence-corrected chi connectivity index (χ3v) is 2.00. The fourth-order valence-corrected chi connectivity index (χ4v) is 1.18. The van der Waals surface area contributed by atoms with Gasteiger partial charge in [0.05, 0.1) is 6.42 Å². The summed E-state index contributed by atoms with van der Waals surface area (Å²) in [5.41, 5.74) is -0.180. The lowest BCUT2D eigenvalue weighted by Gasteiger charge is -2.06. The lowest BCUT2D eigenvalue weighted by Crippen LogP contribution is -2.25. The number of benzene rings is 1. The molecule has 1 N–H and O–H groups in total. The highest BCUT2D eigenvalue weighted by Crippen LogP contribution is 2.14. The molecule has 17 heavy (non-hydrogen) atoms. The van der Waals surface area contributed by atoms with Crippen LogP contribution in [0.25, 0.3) is 0 Å². The monoisotopic (exact) mass is 245 g/mol. The Hall–Kier alpha value is -1.85.